The van der Waals surface area contributed by atoms with Crippen LogP contribution in [0.5, 0.6) is 0 Å². The van der Waals surface area contributed by atoms with Gasteiger partial charge >= 0.3 is 0 Å². The van der Waals surface area contributed by atoms with Crippen LogP contribution in [0.1, 0.15) is 10.8 Å². The molecule has 0 radical (unpaired) electrons. The van der Waals surface area contributed by atoms with Crippen molar-refractivity contribution >= 4 is 34.2 Å². The third-order valence-corrected chi connectivity index (χ3v) is 4.39. The van der Waals surface area contributed by atoms with E-state index in [2.05, 4.69) is 22.4 Å². The van der Waals surface area contributed by atoms with Crippen molar-refractivity contribution in [3.8, 4) is 0 Å². The van der Waals surface area contributed by atoms with Crippen LogP contribution in [0, 0.1) is 5.82 Å². The van der Waals surface area contributed by atoms with Crippen molar-refractivity contribution in [2.24, 2.45) is 4.99 Å². The number of thioether (sulfide) groups is 1. The van der Waals surface area contributed by atoms with E-state index in [1.165, 1.54) is 17.7 Å². The molecule has 1 aliphatic heterocycles. The Kier molecular flexibility index (Phi) is 3.94. The Hall–Kier alpha value is -1.52. The molecule has 1 unspecified atom stereocenters. The number of hydrogen-bond donors (Lipinski definition) is 1. The molecule has 0 bridgehead atoms. The monoisotopic (exact) mass is 306 g/mol. The minimum absolute atomic E-state index is 0.279. The molecule has 2 aromatic rings. The second-order valence-corrected chi connectivity index (χ2v) is 6.04. The number of halogens is 2. The van der Waals surface area contributed by atoms with Crippen LogP contribution >= 0.6 is 23.4 Å². The zero-order valence-electron chi connectivity index (χ0n) is 10.5. The van der Waals surface area contributed by atoms with Crippen LogP contribution in [0.15, 0.2) is 53.5 Å². The summed E-state index contributed by atoms with van der Waals surface area (Å²) in [6.07, 6.45) is 0. The molecule has 1 N–H and O–H groups in total. The highest BCUT2D eigenvalue weighted by atomic mass is 35.5. The first-order valence-electron chi connectivity index (χ1n) is 6.20. The molecule has 0 amide bonds. The molecule has 0 aliphatic carbocycles. The molecule has 0 saturated carbocycles. The Balaban J connectivity index is 1.70. The normalized spacial score (nSPS) is 17.9. The number of anilines is 1. The average molecular weight is 307 g/mol. The lowest BCUT2D eigenvalue weighted by atomic mass is 10.1. The fourth-order valence-electron chi connectivity index (χ4n) is 1.99. The van der Waals surface area contributed by atoms with Gasteiger partial charge in [0.15, 0.2) is 5.17 Å². The zero-order chi connectivity index (χ0) is 13.9. The van der Waals surface area contributed by atoms with Gasteiger partial charge in [0.1, 0.15) is 5.82 Å². The van der Waals surface area contributed by atoms with E-state index in [0.717, 1.165) is 5.17 Å². The molecule has 1 heterocycles. The van der Waals surface area contributed by atoms with Gasteiger partial charge in [0.2, 0.25) is 0 Å². The fourth-order valence-corrected chi connectivity index (χ4v) is 3.20. The molecule has 3 rings (SSSR count). The van der Waals surface area contributed by atoms with Gasteiger partial charge < -0.3 is 5.32 Å². The topological polar surface area (TPSA) is 24.4 Å². The molecule has 0 spiro atoms. The number of hydrogen-bond acceptors (Lipinski definition) is 3. The Morgan fingerprint density at radius 3 is 2.80 bits per heavy atom. The van der Waals surface area contributed by atoms with Gasteiger partial charge in [0, 0.05) is 5.02 Å². The molecule has 0 saturated heterocycles. The van der Waals surface area contributed by atoms with Crippen molar-refractivity contribution in [2.45, 2.75) is 5.25 Å². The Labute approximate surface area is 126 Å². The highest BCUT2D eigenvalue weighted by Crippen LogP contribution is 2.35. The van der Waals surface area contributed by atoms with E-state index in [9.17, 15) is 4.39 Å². The van der Waals surface area contributed by atoms with Crippen molar-refractivity contribution in [3.05, 3.63) is 64.9 Å². The predicted molar refractivity (Wildman–Crippen MR) is 84.1 cm³/mol. The third-order valence-electron chi connectivity index (χ3n) is 3.00. The fraction of sp³-hybridized carbons (Fsp3) is 0.133. The van der Waals surface area contributed by atoms with Crippen molar-refractivity contribution in [1.82, 2.24) is 0 Å². The molecular formula is C15H12ClFN2S. The van der Waals surface area contributed by atoms with Gasteiger partial charge in [0.25, 0.3) is 0 Å². The summed E-state index contributed by atoms with van der Waals surface area (Å²) in [6, 6.07) is 14.6. The van der Waals surface area contributed by atoms with Gasteiger partial charge in [-0.25, -0.2) is 4.39 Å². The van der Waals surface area contributed by atoms with Crippen LogP contribution in [-0.2, 0) is 0 Å². The average Bonchev–Trinajstić information content (AvgIpc) is 2.92. The van der Waals surface area contributed by atoms with Gasteiger partial charge in [-0.2, -0.15) is 0 Å². The lowest BCUT2D eigenvalue weighted by Crippen LogP contribution is -2.07. The summed E-state index contributed by atoms with van der Waals surface area (Å²) in [4.78, 5) is 4.42. The molecule has 1 aliphatic rings. The molecule has 2 aromatic carbocycles. The lowest BCUT2D eigenvalue weighted by Gasteiger charge is -2.10. The molecule has 2 nitrogen and oxygen atoms in total. The molecular weight excluding hydrogens is 295 g/mol. The van der Waals surface area contributed by atoms with Gasteiger partial charge in [-0.3, -0.25) is 4.99 Å². The Bertz CT molecular complexity index is 646. The summed E-state index contributed by atoms with van der Waals surface area (Å²) in [5.41, 5.74) is 1.59. The van der Waals surface area contributed by atoms with Crippen molar-refractivity contribution in [2.75, 3.05) is 11.9 Å². The second-order valence-electron chi connectivity index (χ2n) is 4.41. The number of amidine groups is 1. The minimum Gasteiger partial charge on any atom is -0.333 e. The van der Waals surface area contributed by atoms with Crippen LogP contribution in [0.3, 0.4) is 0 Å². The summed E-state index contributed by atoms with van der Waals surface area (Å²) in [5.74, 6) is -0.333. The smallest absolute Gasteiger partial charge is 0.161 e. The van der Waals surface area contributed by atoms with Gasteiger partial charge in [-0.05, 0) is 23.8 Å². The number of nitrogens with zero attached hydrogens (tertiary/aromatic N) is 1. The first kappa shape index (κ1) is 13.5. The van der Waals surface area contributed by atoms with E-state index in [1.54, 1.807) is 17.8 Å². The summed E-state index contributed by atoms with van der Waals surface area (Å²) < 4.78 is 13.7. The van der Waals surface area contributed by atoms with Crippen LogP contribution in [0.25, 0.3) is 0 Å². The summed E-state index contributed by atoms with van der Waals surface area (Å²) in [6.45, 7) is 0.694. The van der Waals surface area contributed by atoms with E-state index < -0.39 is 0 Å². The maximum atomic E-state index is 13.7. The first-order valence-corrected chi connectivity index (χ1v) is 7.46. The van der Waals surface area contributed by atoms with Crippen molar-refractivity contribution < 1.29 is 4.39 Å². The number of rotatable bonds is 2. The number of benzene rings is 2. The minimum atomic E-state index is -0.333. The van der Waals surface area contributed by atoms with Crippen LogP contribution in [0.4, 0.5) is 10.1 Å². The largest absolute Gasteiger partial charge is 0.333 e. The molecule has 0 aromatic heterocycles. The highest BCUT2D eigenvalue weighted by Gasteiger charge is 2.21. The molecule has 102 valence electrons. The highest BCUT2D eigenvalue weighted by molar-refractivity contribution is 8.14. The number of aliphatic imine (C=N–C) groups is 1. The Morgan fingerprint density at radius 1 is 1.20 bits per heavy atom. The molecule has 0 fully saturated rings. The van der Waals surface area contributed by atoms with Gasteiger partial charge in [-0.15, -0.1) is 0 Å². The summed E-state index contributed by atoms with van der Waals surface area (Å²) in [7, 11) is 0. The molecule has 1 atom stereocenters. The van der Waals surface area contributed by atoms with Crippen molar-refractivity contribution in [1.29, 1.82) is 0 Å². The Morgan fingerprint density at radius 2 is 2.00 bits per heavy atom. The maximum absolute atomic E-state index is 13.7. The van der Waals surface area contributed by atoms with E-state index in [1.807, 2.05) is 18.2 Å². The van der Waals surface area contributed by atoms with Gasteiger partial charge in [0.05, 0.1) is 17.5 Å². The van der Waals surface area contributed by atoms with Crippen LogP contribution < -0.4 is 5.32 Å². The maximum Gasteiger partial charge on any atom is 0.161 e. The van der Waals surface area contributed by atoms with E-state index in [4.69, 9.17) is 11.6 Å². The van der Waals surface area contributed by atoms with Crippen molar-refractivity contribution in [3.63, 3.8) is 0 Å². The van der Waals surface area contributed by atoms with Crippen LogP contribution in [-0.4, -0.2) is 11.7 Å². The van der Waals surface area contributed by atoms with Gasteiger partial charge in [-0.1, -0.05) is 53.7 Å². The summed E-state index contributed by atoms with van der Waals surface area (Å²) >= 11 is 7.48. The molecule has 5 heteroatoms. The lowest BCUT2D eigenvalue weighted by molar-refractivity contribution is 0.632. The van der Waals surface area contributed by atoms with E-state index in [0.29, 0.717) is 17.3 Å². The number of nitrogens with one attached hydrogen (secondary N) is 1. The SMILES string of the molecule is Fc1ccc(Cl)cc1NC1=NCC(c2ccccc2)S1. The first-order chi connectivity index (χ1) is 9.72. The van der Waals surface area contributed by atoms with E-state index in [-0.39, 0.29) is 11.1 Å². The quantitative estimate of drug-likeness (QED) is 0.867. The standard InChI is InChI=1S/C15H12ClFN2S/c16-11-6-7-12(17)13(8-11)19-15-18-9-14(20-15)10-4-2-1-3-5-10/h1-8,14H,9H2,(H,18,19). The second kappa shape index (κ2) is 5.85. The van der Waals surface area contributed by atoms with E-state index >= 15 is 0 Å². The molecule has 20 heavy (non-hydrogen) atoms. The summed E-state index contributed by atoms with van der Waals surface area (Å²) in [5, 5.41) is 4.50. The predicted octanol–water partition coefficient (Wildman–Crippen LogP) is 4.74. The van der Waals surface area contributed by atoms with Crippen LogP contribution in [0.2, 0.25) is 5.02 Å². The third kappa shape index (κ3) is 2.97. The zero-order valence-corrected chi connectivity index (χ0v) is 12.1.